The molecule has 1 spiro atoms. The van der Waals surface area contributed by atoms with Gasteiger partial charge >= 0.3 is 5.97 Å². The van der Waals surface area contributed by atoms with Crippen LogP contribution in [-0.2, 0) is 30.3 Å². The van der Waals surface area contributed by atoms with Crippen molar-refractivity contribution in [2.45, 2.75) is 63.3 Å². The number of halogens is 2. The Morgan fingerprint density at radius 1 is 1.12 bits per heavy atom. The average Bonchev–Trinajstić information content (AvgIpc) is 3.23. The molecule has 0 aromatic heterocycles. The first-order valence-corrected chi connectivity index (χ1v) is 16.7. The molecule has 8 atom stereocenters. The third-order valence-electron chi connectivity index (χ3n) is 12.2. The van der Waals surface area contributed by atoms with Crippen LogP contribution in [0.2, 0.25) is 0 Å². The summed E-state index contributed by atoms with van der Waals surface area (Å²) < 4.78 is 44.0. The van der Waals surface area contributed by atoms with Crippen molar-refractivity contribution in [1.82, 2.24) is 0 Å². The van der Waals surface area contributed by atoms with E-state index in [-0.39, 0.29) is 48.3 Å². The zero-order valence-corrected chi connectivity index (χ0v) is 27.3. The number of hydrogen-bond donors (Lipinski definition) is 3. The number of aliphatic hydroxyl groups is 1. The zero-order valence-electron chi connectivity index (χ0n) is 27.3. The van der Waals surface area contributed by atoms with Gasteiger partial charge in [-0.15, -0.1) is 0 Å². The van der Waals surface area contributed by atoms with Crippen LogP contribution < -0.4 is 5.32 Å². The summed E-state index contributed by atoms with van der Waals surface area (Å²) in [5, 5.41) is 22.1. The number of para-hydroxylation sites is 1. The van der Waals surface area contributed by atoms with Gasteiger partial charge in [-0.25, -0.2) is 13.6 Å². The van der Waals surface area contributed by atoms with E-state index in [1.807, 2.05) is 6.92 Å². The predicted octanol–water partition coefficient (Wildman–Crippen LogP) is 5.12. The molecule has 49 heavy (non-hydrogen) atoms. The van der Waals surface area contributed by atoms with Gasteiger partial charge < -0.3 is 19.9 Å². The minimum atomic E-state index is -2.05. The van der Waals surface area contributed by atoms with Gasteiger partial charge in [0.05, 0.1) is 24.0 Å². The van der Waals surface area contributed by atoms with Gasteiger partial charge in [-0.05, 0) is 74.3 Å². The maximum atomic E-state index is 17.5. The van der Waals surface area contributed by atoms with Crippen LogP contribution in [0.15, 0.2) is 72.3 Å². The summed E-state index contributed by atoms with van der Waals surface area (Å²) in [6.45, 7) is 3.01. The number of benzene rings is 2. The molecule has 256 valence electrons. The van der Waals surface area contributed by atoms with Crippen molar-refractivity contribution >= 4 is 34.8 Å². The summed E-state index contributed by atoms with van der Waals surface area (Å²) in [6.07, 6.45) is 4.31. The molecule has 0 radical (unpaired) electrons. The van der Waals surface area contributed by atoms with E-state index in [4.69, 9.17) is 14.9 Å². The summed E-state index contributed by atoms with van der Waals surface area (Å²) in [4.78, 5) is 52.3. The van der Waals surface area contributed by atoms with E-state index < -0.39 is 69.9 Å². The van der Waals surface area contributed by atoms with Gasteiger partial charge in [0.25, 0.3) is 5.91 Å². The molecule has 0 bridgehead atoms. The second-order valence-corrected chi connectivity index (χ2v) is 14.4. The molecule has 7 rings (SSSR count). The maximum Gasteiger partial charge on any atom is 0.340 e. The topological polar surface area (TPSA) is 143 Å². The largest absolute Gasteiger partial charge is 0.454 e. The molecule has 1 saturated heterocycles. The van der Waals surface area contributed by atoms with Crippen LogP contribution in [-0.4, -0.2) is 64.8 Å². The highest BCUT2D eigenvalue weighted by Crippen LogP contribution is 2.74. The Hall–Kier alpha value is -4.35. The number of carbonyl (C=O) groups excluding carboxylic acids is 4. The molecule has 9 nitrogen and oxygen atoms in total. The second-order valence-electron chi connectivity index (χ2n) is 14.4. The highest BCUT2D eigenvalue weighted by atomic mass is 19.1. The lowest BCUT2D eigenvalue weighted by Gasteiger charge is -2.67. The average molecular weight is 673 g/mol. The van der Waals surface area contributed by atoms with Crippen molar-refractivity contribution in [2.24, 2.45) is 28.6 Å². The van der Waals surface area contributed by atoms with Crippen molar-refractivity contribution in [1.29, 1.82) is 5.41 Å². The number of rotatable bonds is 8. The highest BCUT2D eigenvalue weighted by Gasteiger charge is 2.81. The van der Waals surface area contributed by atoms with Crippen molar-refractivity contribution in [3.05, 3.63) is 89.3 Å². The number of ether oxygens (including phenoxy) is 2. The fraction of sp³-hybridized carbons (Fsp3) is 0.447. The van der Waals surface area contributed by atoms with Gasteiger partial charge in [0, 0.05) is 23.2 Å². The standard InChI is InChI=1S/C38H38F2N2O7/c1-21-15-27-26-12-11-23-17-24(43)13-14-35(23,2)37(26,40)30(44)18-36(27)20-49-38(21,36)31(45)19-48-34(47)25-9-6-10-28(39)32(25)42-33(46)29(41)16-22-7-4-3-5-8-22/h3-10,13-14,17,21,26-27,30,41,44H,11-12,15-16,18-20H2,1-2H3,(H,42,46)/t21-,26+,27?,30+,35+,36-,37+,38+/m1/s1. The van der Waals surface area contributed by atoms with Gasteiger partial charge in [0.2, 0.25) is 5.78 Å². The van der Waals surface area contributed by atoms with Gasteiger partial charge in [0.15, 0.2) is 18.1 Å². The molecule has 3 N–H and O–H groups in total. The Balaban J connectivity index is 1.08. The molecule has 1 aliphatic heterocycles. The Bertz CT molecular complexity index is 1840. The minimum Gasteiger partial charge on any atom is -0.454 e. The van der Waals surface area contributed by atoms with Gasteiger partial charge in [-0.3, -0.25) is 19.8 Å². The fourth-order valence-corrected chi connectivity index (χ4v) is 9.87. The van der Waals surface area contributed by atoms with E-state index in [0.717, 1.165) is 6.07 Å². The van der Waals surface area contributed by atoms with Crippen LogP contribution in [0.4, 0.5) is 14.5 Å². The summed E-state index contributed by atoms with van der Waals surface area (Å²) in [5.41, 5.74) is -5.29. The molecule has 2 aromatic carbocycles. The first kappa shape index (κ1) is 33.2. The summed E-state index contributed by atoms with van der Waals surface area (Å²) in [6, 6.07) is 12.4. The number of alkyl halides is 1. The summed E-state index contributed by atoms with van der Waals surface area (Å²) in [7, 11) is 0. The van der Waals surface area contributed by atoms with Crippen LogP contribution in [0.5, 0.6) is 0 Å². The molecule has 11 heteroatoms. The molecule has 1 amide bonds. The quantitative estimate of drug-likeness (QED) is 0.261. The molecule has 3 saturated carbocycles. The number of aliphatic hydroxyl groups excluding tert-OH is 1. The lowest BCUT2D eigenvalue weighted by Crippen LogP contribution is -2.76. The van der Waals surface area contributed by atoms with Crippen molar-refractivity contribution in [2.75, 3.05) is 18.5 Å². The van der Waals surface area contributed by atoms with Gasteiger partial charge in [-0.1, -0.05) is 55.0 Å². The summed E-state index contributed by atoms with van der Waals surface area (Å²) >= 11 is 0. The molecule has 4 fully saturated rings. The maximum absolute atomic E-state index is 17.5. The van der Waals surface area contributed by atoms with E-state index in [9.17, 15) is 28.7 Å². The monoisotopic (exact) mass is 672 g/mol. The van der Waals surface area contributed by atoms with Crippen LogP contribution in [0.25, 0.3) is 0 Å². The van der Waals surface area contributed by atoms with Crippen LogP contribution in [0.1, 0.15) is 55.5 Å². The van der Waals surface area contributed by atoms with Crippen molar-refractivity contribution in [3.8, 4) is 0 Å². The molecule has 1 unspecified atom stereocenters. The van der Waals surface area contributed by atoms with Gasteiger partial charge in [-0.2, -0.15) is 0 Å². The number of amides is 1. The number of esters is 1. The number of carbonyl (C=O) groups is 4. The number of allylic oxidation sites excluding steroid dienone is 4. The number of fused-ring (bicyclic) bond motifs is 4. The molecule has 1 heterocycles. The fourth-order valence-electron chi connectivity index (χ4n) is 9.87. The zero-order chi connectivity index (χ0) is 34.9. The number of hydrogen-bond acceptors (Lipinski definition) is 8. The molecule has 2 aromatic rings. The Kier molecular flexibility index (Phi) is 7.87. The lowest BCUT2D eigenvalue weighted by molar-refractivity contribution is -0.309. The normalized spacial score (nSPS) is 35.4. The van der Waals surface area contributed by atoms with E-state index in [1.54, 1.807) is 43.3 Å². The smallest absolute Gasteiger partial charge is 0.340 e. The van der Waals surface area contributed by atoms with Crippen LogP contribution >= 0.6 is 0 Å². The molecule has 4 aliphatic carbocycles. The molecule has 5 aliphatic rings. The number of Topliss-reactive ketones (excluding diaryl/α,β-unsaturated/α-hetero) is 1. The highest BCUT2D eigenvalue weighted by molar-refractivity contribution is 6.42. The lowest BCUT2D eigenvalue weighted by atomic mass is 9.43. The molecular weight excluding hydrogens is 634 g/mol. The SMILES string of the molecule is C[C@@H]1CC2[C@@H]3CCC4=CC(=O)C=C[C@]4(C)[C@@]3(F)[C@@H](O)C[C@@]23CO[C@]13C(=O)COC(=O)c1cccc(F)c1NC(=O)C(=N)Cc1ccccc1. The third-order valence-corrected chi connectivity index (χ3v) is 12.2. The van der Waals surface area contributed by atoms with Crippen LogP contribution in [0.3, 0.4) is 0 Å². The van der Waals surface area contributed by atoms with E-state index in [0.29, 0.717) is 30.4 Å². The van der Waals surface area contributed by atoms with Crippen molar-refractivity contribution < 1.29 is 42.5 Å². The van der Waals surface area contributed by atoms with Crippen molar-refractivity contribution in [3.63, 3.8) is 0 Å². The van der Waals surface area contributed by atoms with Gasteiger partial charge in [0.1, 0.15) is 17.1 Å². The predicted molar refractivity (Wildman–Crippen MR) is 174 cm³/mol. The Labute approximate surface area is 282 Å². The van der Waals surface area contributed by atoms with Crippen LogP contribution in [0, 0.1) is 39.8 Å². The van der Waals surface area contributed by atoms with E-state index in [2.05, 4.69) is 5.32 Å². The second kappa shape index (κ2) is 11.6. The Morgan fingerprint density at radius 3 is 2.59 bits per heavy atom. The molecular formula is C38H38F2N2O7. The van der Waals surface area contributed by atoms with E-state index in [1.165, 1.54) is 24.3 Å². The summed E-state index contributed by atoms with van der Waals surface area (Å²) in [5.74, 6) is -4.89. The number of ketones is 2. The minimum absolute atomic E-state index is 0.00895. The number of nitrogens with one attached hydrogen (secondary N) is 2. The number of anilines is 1. The first-order valence-electron chi connectivity index (χ1n) is 16.7. The first-order chi connectivity index (χ1) is 23.3. The van der Waals surface area contributed by atoms with E-state index >= 15 is 4.39 Å². The third kappa shape index (κ3) is 4.65. The Morgan fingerprint density at radius 2 is 1.88 bits per heavy atom.